The van der Waals surface area contributed by atoms with Crippen molar-refractivity contribution in [1.82, 2.24) is 10.3 Å². The predicted molar refractivity (Wildman–Crippen MR) is 57.3 cm³/mol. The molecule has 1 aromatic heterocycles. The number of aromatic nitrogens is 1. The molecule has 1 rings (SSSR count). The van der Waals surface area contributed by atoms with E-state index in [4.69, 9.17) is 5.73 Å². The zero-order chi connectivity index (χ0) is 13.3. The first-order chi connectivity index (χ1) is 7.64. The number of thiazole rings is 1. The molecule has 0 aliphatic rings. The normalized spacial score (nSPS) is 15.4. The van der Waals surface area contributed by atoms with Crippen molar-refractivity contribution in [2.75, 3.05) is 0 Å². The molecule has 1 heterocycles. The minimum absolute atomic E-state index is 0.0553. The third-order valence-electron chi connectivity index (χ3n) is 2.13. The Hall–Kier alpha value is -1.15. The number of hydrogen-bond donors (Lipinski definition) is 2. The van der Waals surface area contributed by atoms with E-state index in [0.717, 1.165) is 4.88 Å². The van der Waals surface area contributed by atoms with Gasteiger partial charge < -0.3 is 11.1 Å². The fourth-order valence-corrected chi connectivity index (χ4v) is 1.68. The summed E-state index contributed by atoms with van der Waals surface area (Å²) in [5.41, 5.74) is 2.06. The van der Waals surface area contributed by atoms with Crippen LogP contribution in [0.3, 0.4) is 0 Å². The summed E-state index contributed by atoms with van der Waals surface area (Å²) in [6, 6.07) is 0. The Bertz CT molecular complexity index is 414. The van der Waals surface area contributed by atoms with E-state index in [0.29, 0.717) is 11.9 Å². The van der Waals surface area contributed by atoms with E-state index in [-0.39, 0.29) is 6.54 Å². The van der Waals surface area contributed by atoms with Crippen LogP contribution < -0.4 is 11.1 Å². The summed E-state index contributed by atoms with van der Waals surface area (Å²) in [4.78, 5) is 16.1. The topological polar surface area (TPSA) is 68.0 Å². The Morgan fingerprint density at radius 2 is 2.18 bits per heavy atom. The second kappa shape index (κ2) is 4.61. The first-order valence-corrected chi connectivity index (χ1v) is 5.51. The summed E-state index contributed by atoms with van der Waals surface area (Å²) in [7, 11) is 0. The molecule has 1 atom stereocenters. The molecule has 0 bridgehead atoms. The molecule has 0 aliphatic carbocycles. The number of halogens is 3. The van der Waals surface area contributed by atoms with E-state index in [2.05, 4.69) is 10.3 Å². The molecule has 8 heteroatoms. The molecule has 3 N–H and O–H groups in total. The number of carbonyl (C=O) groups is 1. The highest BCUT2D eigenvalue weighted by molar-refractivity contribution is 7.11. The first-order valence-electron chi connectivity index (χ1n) is 4.70. The van der Waals surface area contributed by atoms with Crippen molar-refractivity contribution in [3.05, 3.63) is 16.1 Å². The van der Waals surface area contributed by atoms with Crippen LogP contribution in [0, 0.1) is 6.92 Å². The van der Waals surface area contributed by atoms with Crippen LogP contribution in [0.4, 0.5) is 13.2 Å². The van der Waals surface area contributed by atoms with Crippen LogP contribution in [-0.2, 0) is 11.3 Å². The Labute approximate surface area is 100 Å². The molecule has 4 nitrogen and oxygen atoms in total. The van der Waals surface area contributed by atoms with Crippen LogP contribution in [0.5, 0.6) is 0 Å². The predicted octanol–water partition coefficient (Wildman–Crippen LogP) is 1.35. The van der Waals surface area contributed by atoms with Crippen LogP contribution in [0.25, 0.3) is 0 Å². The highest BCUT2D eigenvalue weighted by Crippen LogP contribution is 2.28. The SMILES string of the molecule is Cc1cnc(CNC(=O)C(C)(N)C(F)(F)F)s1. The largest absolute Gasteiger partial charge is 0.415 e. The van der Waals surface area contributed by atoms with Gasteiger partial charge in [0, 0.05) is 11.1 Å². The second-order valence-electron chi connectivity index (χ2n) is 3.75. The average molecular weight is 267 g/mol. The Morgan fingerprint density at radius 3 is 2.59 bits per heavy atom. The molecule has 0 fully saturated rings. The molecule has 0 aromatic carbocycles. The summed E-state index contributed by atoms with van der Waals surface area (Å²) in [5, 5.41) is 2.66. The van der Waals surface area contributed by atoms with E-state index in [1.165, 1.54) is 11.3 Å². The lowest BCUT2D eigenvalue weighted by molar-refractivity contribution is -0.187. The van der Waals surface area contributed by atoms with Crippen molar-refractivity contribution in [2.24, 2.45) is 5.73 Å². The highest BCUT2D eigenvalue weighted by Gasteiger charge is 2.53. The lowest BCUT2D eigenvalue weighted by atomic mass is 10.0. The summed E-state index contributed by atoms with van der Waals surface area (Å²) in [6.45, 7) is 2.39. The van der Waals surface area contributed by atoms with Gasteiger partial charge in [0.25, 0.3) is 0 Å². The number of nitrogens with one attached hydrogen (secondary N) is 1. The lowest BCUT2D eigenvalue weighted by Gasteiger charge is -2.25. The van der Waals surface area contributed by atoms with Crippen molar-refractivity contribution in [3.63, 3.8) is 0 Å². The van der Waals surface area contributed by atoms with Gasteiger partial charge in [0.15, 0.2) is 5.54 Å². The van der Waals surface area contributed by atoms with Crippen molar-refractivity contribution >= 4 is 17.2 Å². The van der Waals surface area contributed by atoms with Crippen molar-refractivity contribution in [3.8, 4) is 0 Å². The number of amides is 1. The highest BCUT2D eigenvalue weighted by atomic mass is 32.1. The van der Waals surface area contributed by atoms with Gasteiger partial charge in [-0.2, -0.15) is 13.2 Å². The maximum atomic E-state index is 12.4. The van der Waals surface area contributed by atoms with E-state index in [9.17, 15) is 18.0 Å². The maximum Gasteiger partial charge on any atom is 0.415 e. The van der Waals surface area contributed by atoms with Crippen LogP contribution in [-0.4, -0.2) is 22.6 Å². The molecule has 0 radical (unpaired) electrons. The van der Waals surface area contributed by atoms with Gasteiger partial charge >= 0.3 is 6.18 Å². The Morgan fingerprint density at radius 1 is 1.59 bits per heavy atom. The van der Waals surface area contributed by atoms with Crippen LogP contribution in [0.1, 0.15) is 16.8 Å². The Balaban J connectivity index is 2.61. The fraction of sp³-hybridized carbons (Fsp3) is 0.556. The van der Waals surface area contributed by atoms with Crippen molar-refractivity contribution in [1.29, 1.82) is 0 Å². The molecule has 0 aliphatic heterocycles. The van der Waals surface area contributed by atoms with Gasteiger partial charge in [-0.1, -0.05) is 0 Å². The van der Waals surface area contributed by atoms with Crippen molar-refractivity contribution in [2.45, 2.75) is 32.1 Å². The van der Waals surface area contributed by atoms with Gasteiger partial charge in [-0.3, -0.25) is 4.79 Å². The number of nitrogens with two attached hydrogens (primary N) is 1. The molecule has 96 valence electrons. The Kier molecular flexibility index (Phi) is 3.78. The molecule has 17 heavy (non-hydrogen) atoms. The van der Waals surface area contributed by atoms with Crippen LogP contribution >= 0.6 is 11.3 Å². The molecule has 0 spiro atoms. The fourth-order valence-electron chi connectivity index (χ4n) is 0.951. The molecule has 0 saturated carbocycles. The van der Waals surface area contributed by atoms with Gasteiger partial charge in [-0.15, -0.1) is 11.3 Å². The van der Waals surface area contributed by atoms with Crippen LogP contribution in [0.15, 0.2) is 6.20 Å². The van der Waals surface area contributed by atoms with Gasteiger partial charge in [0.2, 0.25) is 5.91 Å². The smallest absolute Gasteiger partial charge is 0.348 e. The molecular weight excluding hydrogens is 255 g/mol. The maximum absolute atomic E-state index is 12.4. The third-order valence-corrected chi connectivity index (χ3v) is 3.04. The summed E-state index contributed by atoms with van der Waals surface area (Å²) in [5.74, 6) is -1.27. The van der Waals surface area contributed by atoms with Crippen LogP contribution in [0.2, 0.25) is 0 Å². The lowest BCUT2D eigenvalue weighted by Crippen LogP contribution is -2.61. The molecule has 1 unspecified atom stereocenters. The number of nitrogens with zero attached hydrogens (tertiary/aromatic N) is 1. The summed E-state index contributed by atoms with van der Waals surface area (Å²) >= 11 is 1.30. The zero-order valence-corrected chi connectivity index (χ0v) is 10.1. The minimum atomic E-state index is -4.78. The van der Waals surface area contributed by atoms with Crippen molar-refractivity contribution < 1.29 is 18.0 Å². The quantitative estimate of drug-likeness (QED) is 0.868. The molecule has 0 saturated heterocycles. The van der Waals surface area contributed by atoms with Gasteiger partial charge in [0.05, 0.1) is 6.54 Å². The zero-order valence-electron chi connectivity index (χ0n) is 9.26. The van der Waals surface area contributed by atoms with E-state index in [1.807, 2.05) is 6.92 Å². The van der Waals surface area contributed by atoms with E-state index in [1.54, 1.807) is 6.20 Å². The standard InChI is InChI=1S/C9H12F3N3OS/c1-5-3-14-6(17-5)4-15-7(16)8(2,13)9(10,11)12/h3H,4,13H2,1-2H3,(H,15,16). The number of alkyl halides is 3. The summed E-state index contributed by atoms with van der Waals surface area (Å²) in [6.07, 6.45) is -3.20. The molecular formula is C9H12F3N3OS. The second-order valence-corrected chi connectivity index (χ2v) is 5.07. The van der Waals surface area contributed by atoms with Gasteiger partial charge in [0.1, 0.15) is 5.01 Å². The van der Waals surface area contributed by atoms with E-state index < -0.39 is 17.6 Å². The number of rotatable bonds is 3. The number of aryl methyl sites for hydroxylation is 1. The first kappa shape index (κ1) is 13.9. The monoisotopic (exact) mass is 267 g/mol. The number of carbonyl (C=O) groups excluding carboxylic acids is 1. The molecule has 1 aromatic rings. The summed E-state index contributed by atoms with van der Waals surface area (Å²) < 4.78 is 37.2. The van der Waals surface area contributed by atoms with Gasteiger partial charge in [-0.25, -0.2) is 4.98 Å². The minimum Gasteiger partial charge on any atom is -0.348 e. The average Bonchev–Trinajstić information content (AvgIpc) is 2.58. The van der Waals surface area contributed by atoms with Gasteiger partial charge in [-0.05, 0) is 13.8 Å². The molecule has 1 amide bonds. The third kappa shape index (κ3) is 3.16. The van der Waals surface area contributed by atoms with E-state index >= 15 is 0 Å². The number of hydrogen-bond acceptors (Lipinski definition) is 4.